The van der Waals surface area contributed by atoms with Crippen molar-refractivity contribution in [1.29, 1.82) is 0 Å². The number of hydrogen-bond donors (Lipinski definition) is 2. The zero-order valence-electron chi connectivity index (χ0n) is 13.7. The summed E-state index contributed by atoms with van der Waals surface area (Å²) in [5, 5.41) is 5.87. The smallest absolute Gasteiger partial charge is 0.238 e. The molecule has 0 radical (unpaired) electrons. The number of likely N-dealkylation sites (N-methyl/N-ethyl adjacent to an activating group) is 1. The molecule has 0 aliphatic carbocycles. The Morgan fingerprint density at radius 1 is 1.08 bits per heavy atom. The predicted molar refractivity (Wildman–Crippen MR) is 93.6 cm³/mol. The van der Waals surface area contributed by atoms with Crippen LogP contribution in [0, 0.1) is 0 Å². The molecule has 0 saturated carbocycles. The van der Waals surface area contributed by atoms with Crippen molar-refractivity contribution in [2.45, 2.75) is 0 Å². The molecule has 24 heavy (non-hydrogen) atoms. The molecule has 2 aromatic carbocycles. The SMILES string of the molecule is CNCC(=O)Nc1ccc(Oc2cccc(OC)c2OC)c(Cl)c1. The number of ether oxygens (including phenoxy) is 3. The highest BCUT2D eigenvalue weighted by atomic mass is 35.5. The van der Waals surface area contributed by atoms with E-state index in [1.807, 2.05) is 0 Å². The molecular formula is C17H19ClN2O4. The minimum absolute atomic E-state index is 0.156. The summed E-state index contributed by atoms with van der Waals surface area (Å²) in [6.45, 7) is 0.219. The molecule has 0 aromatic heterocycles. The number of anilines is 1. The monoisotopic (exact) mass is 350 g/mol. The van der Waals surface area contributed by atoms with Crippen molar-refractivity contribution >= 4 is 23.2 Å². The highest BCUT2D eigenvalue weighted by Crippen LogP contribution is 2.41. The van der Waals surface area contributed by atoms with Crippen LogP contribution < -0.4 is 24.8 Å². The predicted octanol–water partition coefficient (Wildman–Crippen LogP) is 3.31. The molecule has 0 unspecified atom stereocenters. The molecule has 0 aliphatic heterocycles. The Labute approximate surface area is 145 Å². The van der Waals surface area contributed by atoms with Gasteiger partial charge >= 0.3 is 0 Å². The van der Waals surface area contributed by atoms with Crippen molar-refractivity contribution in [3.63, 3.8) is 0 Å². The highest BCUT2D eigenvalue weighted by Gasteiger charge is 2.13. The third-order valence-electron chi connectivity index (χ3n) is 3.14. The van der Waals surface area contributed by atoms with Crippen LogP contribution in [0.1, 0.15) is 0 Å². The summed E-state index contributed by atoms with van der Waals surface area (Å²) in [6.07, 6.45) is 0. The summed E-state index contributed by atoms with van der Waals surface area (Å²) < 4.78 is 16.4. The molecule has 2 aromatic rings. The maximum absolute atomic E-state index is 11.6. The van der Waals surface area contributed by atoms with E-state index in [0.29, 0.717) is 33.7 Å². The fourth-order valence-electron chi connectivity index (χ4n) is 2.08. The summed E-state index contributed by atoms with van der Waals surface area (Å²) in [7, 11) is 4.79. The van der Waals surface area contributed by atoms with Gasteiger partial charge in [0.1, 0.15) is 5.75 Å². The quantitative estimate of drug-likeness (QED) is 0.801. The summed E-state index contributed by atoms with van der Waals surface area (Å²) in [5.41, 5.74) is 0.588. The number of carbonyl (C=O) groups is 1. The van der Waals surface area contributed by atoms with Crippen LogP contribution in [-0.2, 0) is 4.79 Å². The second kappa shape index (κ2) is 8.42. The lowest BCUT2D eigenvalue weighted by Crippen LogP contribution is -2.24. The Morgan fingerprint density at radius 3 is 2.46 bits per heavy atom. The molecule has 0 saturated heterocycles. The molecule has 0 aliphatic rings. The Morgan fingerprint density at radius 2 is 1.83 bits per heavy atom. The molecule has 0 bridgehead atoms. The van der Waals surface area contributed by atoms with Crippen molar-refractivity contribution in [2.24, 2.45) is 0 Å². The zero-order valence-corrected chi connectivity index (χ0v) is 14.4. The van der Waals surface area contributed by atoms with Crippen molar-refractivity contribution < 1.29 is 19.0 Å². The first-order valence-corrected chi connectivity index (χ1v) is 7.59. The van der Waals surface area contributed by atoms with Gasteiger partial charge in [-0.05, 0) is 37.4 Å². The fraction of sp³-hybridized carbons (Fsp3) is 0.235. The molecule has 1 amide bonds. The number of rotatable bonds is 7. The van der Waals surface area contributed by atoms with Crippen LogP contribution in [0.5, 0.6) is 23.0 Å². The third-order valence-corrected chi connectivity index (χ3v) is 3.44. The van der Waals surface area contributed by atoms with Crippen molar-refractivity contribution in [3.8, 4) is 23.0 Å². The Bertz CT molecular complexity index is 722. The summed E-state index contributed by atoms with van der Waals surface area (Å²) in [5.74, 6) is 1.79. The average molecular weight is 351 g/mol. The van der Waals surface area contributed by atoms with Gasteiger partial charge in [-0.15, -0.1) is 0 Å². The Kier molecular flexibility index (Phi) is 6.28. The van der Waals surface area contributed by atoms with Gasteiger partial charge in [0, 0.05) is 5.69 Å². The first-order valence-electron chi connectivity index (χ1n) is 7.22. The van der Waals surface area contributed by atoms with Crippen LogP contribution in [-0.4, -0.2) is 33.7 Å². The van der Waals surface area contributed by atoms with Crippen LogP contribution in [0.4, 0.5) is 5.69 Å². The van der Waals surface area contributed by atoms with Crippen LogP contribution in [0.15, 0.2) is 36.4 Å². The van der Waals surface area contributed by atoms with Gasteiger partial charge < -0.3 is 24.8 Å². The van der Waals surface area contributed by atoms with Crippen molar-refractivity contribution in [2.75, 3.05) is 33.1 Å². The van der Waals surface area contributed by atoms with Crippen LogP contribution >= 0.6 is 11.6 Å². The molecule has 128 valence electrons. The average Bonchev–Trinajstić information content (AvgIpc) is 2.57. The number of amides is 1. The number of para-hydroxylation sites is 1. The zero-order chi connectivity index (χ0) is 17.5. The van der Waals surface area contributed by atoms with E-state index in [9.17, 15) is 4.79 Å². The summed E-state index contributed by atoms with van der Waals surface area (Å²) in [6, 6.07) is 10.3. The van der Waals surface area contributed by atoms with Gasteiger partial charge in [-0.25, -0.2) is 0 Å². The van der Waals surface area contributed by atoms with E-state index in [0.717, 1.165) is 0 Å². The molecule has 2 rings (SSSR count). The van der Waals surface area contributed by atoms with Gasteiger partial charge in [-0.3, -0.25) is 4.79 Å². The molecule has 0 heterocycles. The summed E-state index contributed by atoms with van der Waals surface area (Å²) >= 11 is 6.25. The fourth-order valence-corrected chi connectivity index (χ4v) is 2.30. The molecule has 0 fully saturated rings. The second-order valence-electron chi connectivity index (χ2n) is 4.82. The van der Waals surface area contributed by atoms with Gasteiger partial charge in [0.25, 0.3) is 0 Å². The molecule has 6 nitrogen and oxygen atoms in total. The van der Waals surface area contributed by atoms with E-state index >= 15 is 0 Å². The molecular weight excluding hydrogens is 332 g/mol. The highest BCUT2D eigenvalue weighted by molar-refractivity contribution is 6.32. The van der Waals surface area contributed by atoms with E-state index in [4.69, 9.17) is 25.8 Å². The minimum atomic E-state index is -0.156. The Hall–Kier alpha value is -2.44. The standard InChI is InChI=1S/C17H19ClN2O4/c1-19-10-16(21)20-11-7-8-13(12(18)9-11)24-15-6-4-5-14(22-2)17(15)23-3/h4-9,19H,10H2,1-3H3,(H,20,21). The lowest BCUT2D eigenvalue weighted by molar-refractivity contribution is -0.115. The van der Waals surface area contributed by atoms with E-state index < -0.39 is 0 Å². The van der Waals surface area contributed by atoms with Gasteiger partial charge in [0.2, 0.25) is 11.7 Å². The topological polar surface area (TPSA) is 68.8 Å². The van der Waals surface area contributed by atoms with Crippen LogP contribution in [0.2, 0.25) is 5.02 Å². The number of benzene rings is 2. The van der Waals surface area contributed by atoms with E-state index in [-0.39, 0.29) is 12.5 Å². The lowest BCUT2D eigenvalue weighted by atomic mass is 10.2. The van der Waals surface area contributed by atoms with Gasteiger partial charge in [0.15, 0.2) is 11.5 Å². The van der Waals surface area contributed by atoms with E-state index in [2.05, 4.69) is 10.6 Å². The van der Waals surface area contributed by atoms with Gasteiger partial charge in [-0.1, -0.05) is 17.7 Å². The number of carbonyl (C=O) groups excluding carboxylic acids is 1. The van der Waals surface area contributed by atoms with Crippen molar-refractivity contribution in [1.82, 2.24) is 5.32 Å². The van der Waals surface area contributed by atoms with Crippen molar-refractivity contribution in [3.05, 3.63) is 41.4 Å². The Balaban J connectivity index is 2.21. The molecule has 0 spiro atoms. The number of halogens is 1. The minimum Gasteiger partial charge on any atom is -0.493 e. The lowest BCUT2D eigenvalue weighted by Gasteiger charge is -2.14. The summed E-state index contributed by atoms with van der Waals surface area (Å²) in [4.78, 5) is 11.6. The van der Waals surface area contributed by atoms with E-state index in [1.165, 1.54) is 7.11 Å². The first kappa shape index (κ1) is 17.9. The van der Waals surface area contributed by atoms with Crippen LogP contribution in [0.25, 0.3) is 0 Å². The molecule has 7 heteroatoms. The van der Waals surface area contributed by atoms with Crippen LogP contribution in [0.3, 0.4) is 0 Å². The normalized spacial score (nSPS) is 10.2. The number of hydrogen-bond acceptors (Lipinski definition) is 5. The van der Waals surface area contributed by atoms with Gasteiger partial charge in [0.05, 0.1) is 25.8 Å². The number of nitrogens with one attached hydrogen (secondary N) is 2. The van der Waals surface area contributed by atoms with Gasteiger partial charge in [-0.2, -0.15) is 0 Å². The maximum Gasteiger partial charge on any atom is 0.238 e. The first-order chi connectivity index (χ1) is 11.6. The number of methoxy groups -OCH3 is 2. The molecule has 0 atom stereocenters. The largest absolute Gasteiger partial charge is 0.493 e. The van der Waals surface area contributed by atoms with E-state index in [1.54, 1.807) is 50.6 Å². The second-order valence-corrected chi connectivity index (χ2v) is 5.22. The third kappa shape index (κ3) is 4.31. The maximum atomic E-state index is 11.6. The molecule has 2 N–H and O–H groups in total.